The van der Waals surface area contributed by atoms with E-state index < -0.39 is 45.7 Å². The van der Waals surface area contributed by atoms with E-state index in [1.54, 1.807) is 0 Å². The van der Waals surface area contributed by atoms with Gasteiger partial charge in [-0.1, -0.05) is 0 Å². The van der Waals surface area contributed by atoms with Crippen molar-refractivity contribution in [1.29, 1.82) is 0 Å². The van der Waals surface area contributed by atoms with Crippen LogP contribution < -0.4 is 5.73 Å². The molecule has 1 aromatic carbocycles. The summed E-state index contributed by atoms with van der Waals surface area (Å²) in [7, 11) is 0. The first-order valence-corrected chi connectivity index (χ1v) is 4.50. The predicted octanol–water partition coefficient (Wildman–Crippen LogP) is 2.07. The highest BCUT2D eigenvalue weighted by atomic mass is 19.3. The Labute approximate surface area is 92.2 Å². The zero-order chi connectivity index (χ0) is 13.0. The highest BCUT2D eigenvalue weighted by molar-refractivity contribution is 5.50. The van der Waals surface area contributed by atoms with Crippen molar-refractivity contribution >= 4 is 5.69 Å². The molecule has 8 heteroatoms. The van der Waals surface area contributed by atoms with Crippen molar-refractivity contribution in [3.05, 3.63) is 39.4 Å². The molecular formula is C9H6F4N2O2. The first-order valence-electron chi connectivity index (χ1n) is 4.50. The standard InChI is InChI=1S/C9H6F4N2O2/c10-5-1-4(8(14)3-9(8,12)13)7(15(16)17)2-6(5)11/h1-2H,3,14H2. The quantitative estimate of drug-likeness (QED) is 0.496. The molecule has 1 atom stereocenters. The Morgan fingerprint density at radius 2 is 1.76 bits per heavy atom. The van der Waals surface area contributed by atoms with Crippen LogP contribution >= 0.6 is 0 Å². The number of nitrogens with two attached hydrogens (primary N) is 1. The summed E-state index contributed by atoms with van der Waals surface area (Å²) in [6, 6.07) is 0.613. The van der Waals surface area contributed by atoms with Crippen LogP contribution in [-0.2, 0) is 5.54 Å². The van der Waals surface area contributed by atoms with Gasteiger partial charge in [-0.15, -0.1) is 0 Å². The minimum Gasteiger partial charge on any atom is -0.316 e. The summed E-state index contributed by atoms with van der Waals surface area (Å²) < 4.78 is 51.7. The first-order chi connectivity index (χ1) is 7.69. The van der Waals surface area contributed by atoms with Crippen molar-refractivity contribution in [1.82, 2.24) is 0 Å². The van der Waals surface area contributed by atoms with E-state index in [-0.39, 0.29) is 6.07 Å². The third-order valence-electron chi connectivity index (χ3n) is 2.74. The van der Waals surface area contributed by atoms with Crippen LogP contribution in [0.1, 0.15) is 12.0 Å². The minimum absolute atomic E-state index is 0.258. The summed E-state index contributed by atoms with van der Waals surface area (Å²) in [5, 5.41) is 10.6. The number of nitrogens with zero attached hydrogens (tertiary/aromatic N) is 1. The molecule has 2 N–H and O–H groups in total. The Kier molecular flexibility index (Phi) is 2.19. The molecule has 0 aliphatic heterocycles. The third-order valence-corrected chi connectivity index (χ3v) is 2.74. The molecule has 1 unspecified atom stereocenters. The maximum absolute atomic E-state index is 13.0. The highest BCUT2D eigenvalue weighted by Crippen LogP contribution is 2.59. The topological polar surface area (TPSA) is 69.2 Å². The summed E-state index contributed by atoms with van der Waals surface area (Å²) in [4.78, 5) is 9.52. The van der Waals surface area contributed by atoms with Crippen LogP contribution in [0.4, 0.5) is 23.2 Å². The first kappa shape index (κ1) is 11.8. The number of hydrogen-bond donors (Lipinski definition) is 1. The van der Waals surface area contributed by atoms with E-state index in [4.69, 9.17) is 5.73 Å². The van der Waals surface area contributed by atoms with E-state index in [1.165, 1.54) is 0 Å². The Hall–Kier alpha value is -1.70. The molecule has 0 amide bonds. The molecule has 0 spiro atoms. The van der Waals surface area contributed by atoms with Crippen LogP contribution in [-0.4, -0.2) is 10.8 Å². The molecular weight excluding hydrogens is 244 g/mol. The monoisotopic (exact) mass is 250 g/mol. The number of rotatable bonds is 2. The van der Waals surface area contributed by atoms with Gasteiger partial charge in [0, 0.05) is 6.42 Å². The van der Waals surface area contributed by atoms with Gasteiger partial charge in [0.25, 0.3) is 11.6 Å². The van der Waals surface area contributed by atoms with Crippen LogP contribution in [0.5, 0.6) is 0 Å². The molecule has 92 valence electrons. The second-order valence-corrected chi connectivity index (χ2v) is 3.89. The lowest BCUT2D eigenvalue weighted by molar-refractivity contribution is -0.386. The van der Waals surface area contributed by atoms with Gasteiger partial charge in [-0.25, -0.2) is 17.6 Å². The van der Waals surface area contributed by atoms with Crippen LogP contribution in [0, 0.1) is 21.7 Å². The van der Waals surface area contributed by atoms with Crippen molar-refractivity contribution < 1.29 is 22.5 Å². The van der Waals surface area contributed by atoms with Crippen molar-refractivity contribution in [2.45, 2.75) is 17.9 Å². The molecule has 0 saturated heterocycles. The van der Waals surface area contributed by atoms with E-state index in [2.05, 4.69) is 0 Å². The predicted molar refractivity (Wildman–Crippen MR) is 48.4 cm³/mol. The smallest absolute Gasteiger partial charge is 0.277 e. The summed E-state index contributed by atoms with van der Waals surface area (Å²) in [6.07, 6.45) is -0.827. The van der Waals surface area contributed by atoms with Crippen LogP contribution in [0.25, 0.3) is 0 Å². The van der Waals surface area contributed by atoms with Gasteiger partial charge in [-0.3, -0.25) is 10.1 Å². The van der Waals surface area contributed by atoms with Crippen LogP contribution in [0.2, 0.25) is 0 Å². The fourth-order valence-corrected chi connectivity index (χ4v) is 1.64. The Morgan fingerprint density at radius 1 is 1.29 bits per heavy atom. The van der Waals surface area contributed by atoms with E-state index in [0.29, 0.717) is 6.07 Å². The van der Waals surface area contributed by atoms with Gasteiger partial charge in [0.05, 0.1) is 16.6 Å². The Morgan fingerprint density at radius 3 is 2.18 bits per heavy atom. The van der Waals surface area contributed by atoms with Crippen molar-refractivity contribution in [2.75, 3.05) is 0 Å². The molecule has 1 aliphatic rings. The lowest BCUT2D eigenvalue weighted by Crippen LogP contribution is -2.28. The lowest BCUT2D eigenvalue weighted by atomic mass is 10.0. The fraction of sp³-hybridized carbons (Fsp3) is 0.333. The van der Waals surface area contributed by atoms with Gasteiger partial charge in [-0.2, -0.15) is 0 Å². The highest BCUT2D eigenvalue weighted by Gasteiger charge is 2.71. The van der Waals surface area contributed by atoms with E-state index in [1.807, 2.05) is 0 Å². The minimum atomic E-state index is -3.35. The van der Waals surface area contributed by atoms with E-state index in [9.17, 15) is 27.7 Å². The van der Waals surface area contributed by atoms with Gasteiger partial charge >= 0.3 is 0 Å². The molecule has 17 heavy (non-hydrogen) atoms. The lowest BCUT2D eigenvalue weighted by Gasteiger charge is -2.11. The summed E-state index contributed by atoms with van der Waals surface area (Å²) in [5.41, 5.74) is 1.34. The summed E-state index contributed by atoms with van der Waals surface area (Å²) >= 11 is 0. The van der Waals surface area contributed by atoms with Crippen molar-refractivity contribution in [3.63, 3.8) is 0 Å². The second-order valence-electron chi connectivity index (χ2n) is 3.89. The number of alkyl halides is 2. The summed E-state index contributed by atoms with van der Waals surface area (Å²) in [6.45, 7) is 0. The van der Waals surface area contributed by atoms with Crippen molar-refractivity contribution in [2.24, 2.45) is 5.73 Å². The molecule has 1 aliphatic carbocycles. The number of halogens is 4. The number of benzene rings is 1. The fourth-order valence-electron chi connectivity index (χ4n) is 1.64. The largest absolute Gasteiger partial charge is 0.316 e. The van der Waals surface area contributed by atoms with Gasteiger partial charge < -0.3 is 5.73 Å². The molecule has 4 nitrogen and oxygen atoms in total. The Bertz CT molecular complexity index is 520. The zero-order valence-corrected chi connectivity index (χ0v) is 8.21. The average Bonchev–Trinajstić information content (AvgIpc) is 2.70. The molecule has 0 aromatic heterocycles. The second kappa shape index (κ2) is 3.16. The SMILES string of the molecule is NC1(c2cc(F)c(F)cc2[N+](=O)[O-])CC1(F)F. The average molecular weight is 250 g/mol. The van der Waals surface area contributed by atoms with E-state index >= 15 is 0 Å². The van der Waals surface area contributed by atoms with Gasteiger partial charge in [-0.05, 0) is 6.07 Å². The van der Waals surface area contributed by atoms with Gasteiger partial charge in [0.15, 0.2) is 11.6 Å². The van der Waals surface area contributed by atoms with Gasteiger partial charge in [0.2, 0.25) is 0 Å². The van der Waals surface area contributed by atoms with Crippen LogP contribution in [0.15, 0.2) is 12.1 Å². The van der Waals surface area contributed by atoms with E-state index in [0.717, 1.165) is 0 Å². The molecule has 2 rings (SSSR count). The van der Waals surface area contributed by atoms with Gasteiger partial charge in [0.1, 0.15) is 5.54 Å². The molecule has 0 bridgehead atoms. The third kappa shape index (κ3) is 1.55. The normalized spacial score (nSPS) is 25.7. The summed E-state index contributed by atoms with van der Waals surface area (Å²) in [5.74, 6) is -6.27. The molecule has 1 saturated carbocycles. The maximum atomic E-state index is 13.0. The molecule has 0 radical (unpaired) electrons. The Balaban J connectivity index is 2.62. The number of hydrogen-bond acceptors (Lipinski definition) is 3. The molecule has 1 fully saturated rings. The van der Waals surface area contributed by atoms with Crippen molar-refractivity contribution in [3.8, 4) is 0 Å². The van der Waals surface area contributed by atoms with Crippen LogP contribution in [0.3, 0.4) is 0 Å². The maximum Gasteiger partial charge on any atom is 0.277 e. The molecule has 0 heterocycles. The number of nitro groups is 1. The zero-order valence-electron chi connectivity index (χ0n) is 8.21. The number of nitro benzene ring substituents is 1. The molecule has 1 aromatic rings.